The number of aryl methyl sites for hydroxylation is 1. The Morgan fingerprint density at radius 2 is 1.83 bits per heavy atom. The smallest absolute Gasteiger partial charge is 0.244 e. The van der Waals surface area contributed by atoms with Crippen LogP contribution in [0.1, 0.15) is 11.4 Å². The molecule has 1 aromatic heterocycles. The fourth-order valence-corrected chi connectivity index (χ4v) is 3.14. The molecule has 0 aliphatic rings. The van der Waals surface area contributed by atoms with E-state index in [4.69, 9.17) is 4.74 Å². The van der Waals surface area contributed by atoms with E-state index in [1.807, 2.05) is 61.5 Å². The van der Waals surface area contributed by atoms with Crippen molar-refractivity contribution in [2.24, 2.45) is 0 Å². The third-order valence-electron chi connectivity index (χ3n) is 4.54. The minimum absolute atomic E-state index is 0.00137. The maximum atomic E-state index is 14.0. The number of hydrogen-bond acceptors (Lipinski definition) is 3. The van der Waals surface area contributed by atoms with E-state index < -0.39 is 5.82 Å². The molecule has 0 radical (unpaired) electrons. The van der Waals surface area contributed by atoms with Gasteiger partial charge in [-0.1, -0.05) is 36.4 Å². The molecule has 0 unspecified atom stereocenters. The molecule has 0 aliphatic heterocycles. The van der Waals surface area contributed by atoms with Crippen molar-refractivity contribution in [3.05, 3.63) is 90.0 Å². The van der Waals surface area contributed by atoms with Gasteiger partial charge in [0.2, 0.25) is 5.91 Å². The summed E-state index contributed by atoms with van der Waals surface area (Å²) in [6, 6.07) is 21.6. The topological polar surface area (TPSA) is 56.2 Å². The summed E-state index contributed by atoms with van der Waals surface area (Å²) in [6.45, 7) is 2.06. The first-order chi connectivity index (χ1) is 14.1. The van der Waals surface area contributed by atoms with Crippen molar-refractivity contribution in [2.75, 3.05) is 5.32 Å². The molecule has 29 heavy (non-hydrogen) atoms. The van der Waals surface area contributed by atoms with Crippen LogP contribution in [-0.4, -0.2) is 15.5 Å². The predicted octanol–water partition coefficient (Wildman–Crippen LogP) is 4.70. The van der Waals surface area contributed by atoms with Gasteiger partial charge in [0.1, 0.15) is 30.5 Å². The largest absolute Gasteiger partial charge is 0.486 e. The minimum atomic E-state index is -0.466. The number of benzene rings is 3. The summed E-state index contributed by atoms with van der Waals surface area (Å²) < 4.78 is 21.6. The van der Waals surface area contributed by atoms with E-state index in [9.17, 15) is 9.18 Å². The Bertz CT molecular complexity index is 1160. The van der Waals surface area contributed by atoms with Crippen molar-refractivity contribution in [2.45, 2.75) is 20.1 Å². The molecule has 1 amide bonds. The SMILES string of the molecule is Cc1ccc(F)c(NC(=O)Cn2c(COc3ccccc3)nc3ccccc32)c1. The van der Waals surface area contributed by atoms with Gasteiger partial charge in [-0.25, -0.2) is 9.37 Å². The highest BCUT2D eigenvalue weighted by Crippen LogP contribution is 2.20. The third kappa shape index (κ3) is 4.27. The number of carbonyl (C=O) groups is 1. The van der Waals surface area contributed by atoms with Gasteiger partial charge in [-0.3, -0.25) is 4.79 Å². The number of anilines is 1. The average molecular weight is 389 g/mol. The van der Waals surface area contributed by atoms with Crippen LogP contribution >= 0.6 is 0 Å². The van der Waals surface area contributed by atoms with Gasteiger partial charge in [-0.2, -0.15) is 0 Å². The summed E-state index contributed by atoms with van der Waals surface area (Å²) in [7, 11) is 0. The molecule has 1 heterocycles. The Morgan fingerprint density at radius 1 is 1.07 bits per heavy atom. The number of halogens is 1. The number of nitrogens with one attached hydrogen (secondary N) is 1. The first-order valence-corrected chi connectivity index (χ1v) is 9.28. The quantitative estimate of drug-likeness (QED) is 0.520. The Hall–Kier alpha value is -3.67. The lowest BCUT2D eigenvalue weighted by atomic mass is 10.2. The van der Waals surface area contributed by atoms with Crippen molar-refractivity contribution in [1.82, 2.24) is 9.55 Å². The van der Waals surface area contributed by atoms with Crippen molar-refractivity contribution >= 4 is 22.6 Å². The fourth-order valence-electron chi connectivity index (χ4n) is 3.14. The van der Waals surface area contributed by atoms with Crippen LogP contribution in [0.5, 0.6) is 5.75 Å². The van der Waals surface area contributed by atoms with E-state index in [-0.39, 0.29) is 24.7 Å². The van der Waals surface area contributed by atoms with Crippen LogP contribution in [0, 0.1) is 12.7 Å². The lowest BCUT2D eigenvalue weighted by Gasteiger charge is -2.12. The van der Waals surface area contributed by atoms with Gasteiger partial charge in [-0.05, 0) is 48.9 Å². The van der Waals surface area contributed by atoms with Gasteiger partial charge in [0, 0.05) is 0 Å². The van der Waals surface area contributed by atoms with Crippen molar-refractivity contribution in [1.29, 1.82) is 0 Å². The monoisotopic (exact) mass is 389 g/mol. The number of para-hydroxylation sites is 3. The standard InChI is InChI=1S/C23H20FN3O2/c1-16-11-12-18(24)20(13-16)26-23(28)14-27-21-10-6-5-9-19(21)25-22(27)15-29-17-7-3-2-4-8-17/h2-13H,14-15H2,1H3,(H,26,28). The Kier molecular flexibility index (Phi) is 5.24. The number of fused-ring (bicyclic) bond motifs is 1. The van der Waals surface area contributed by atoms with Crippen molar-refractivity contribution in [3.63, 3.8) is 0 Å². The second-order valence-electron chi connectivity index (χ2n) is 6.74. The summed E-state index contributed by atoms with van der Waals surface area (Å²) in [4.78, 5) is 17.2. The Labute approximate surface area is 167 Å². The van der Waals surface area contributed by atoms with E-state index >= 15 is 0 Å². The molecule has 4 aromatic rings. The van der Waals surface area contributed by atoms with Gasteiger partial charge in [-0.15, -0.1) is 0 Å². The third-order valence-corrected chi connectivity index (χ3v) is 4.54. The number of ether oxygens (including phenoxy) is 1. The molecule has 0 fully saturated rings. The molecule has 146 valence electrons. The van der Waals surface area contributed by atoms with Crippen LogP contribution in [0.25, 0.3) is 11.0 Å². The van der Waals surface area contributed by atoms with Crippen LogP contribution < -0.4 is 10.1 Å². The van der Waals surface area contributed by atoms with E-state index in [1.54, 1.807) is 16.7 Å². The maximum absolute atomic E-state index is 14.0. The number of aromatic nitrogens is 2. The molecule has 0 aliphatic carbocycles. The second-order valence-corrected chi connectivity index (χ2v) is 6.74. The summed E-state index contributed by atoms with van der Waals surface area (Å²) in [6.07, 6.45) is 0. The zero-order valence-corrected chi connectivity index (χ0v) is 15.9. The molecule has 5 nitrogen and oxygen atoms in total. The first kappa shape index (κ1) is 18.7. The molecule has 3 aromatic carbocycles. The van der Waals surface area contributed by atoms with Crippen LogP contribution in [0.15, 0.2) is 72.8 Å². The van der Waals surface area contributed by atoms with Crippen molar-refractivity contribution < 1.29 is 13.9 Å². The highest BCUT2D eigenvalue weighted by atomic mass is 19.1. The van der Waals surface area contributed by atoms with Gasteiger partial charge >= 0.3 is 0 Å². The average Bonchev–Trinajstić information content (AvgIpc) is 3.07. The molecular formula is C23H20FN3O2. The molecule has 0 spiro atoms. The van der Waals surface area contributed by atoms with E-state index in [1.165, 1.54) is 6.07 Å². The summed E-state index contributed by atoms with van der Waals surface area (Å²) in [5.74, 6) is 0.540. The summed E-state index contributed by atoms with van der Waals surface area (Å²) in [5.41, 5.74) is 2.63. The highest BCUT2D eigenvalue weighted by Gasteiger charge is 2.15. The molecule has 6 heteroatoms. The number of amides is 1. The van der Waals surface area contributed by atoms with Gasteiger partial charge < -0.3 is 14.6 Å². The number of hydrogen-bond donors (Lipinski definition) is 1. The molecular weight excluding hydrogens is 369 g/mol. The maximum Gasteiger partial charge on any atom is 0.244 e. The van der Waals surface area contributed by atoms with Crippen LogP contribution in [0.2, 0.25) is 0 Å². The zero-order valence-electron chi connectivity index (χ0n) is 15.9. The van der Waals surface area contributed by atoms with Gasteiger partial charge in [0.15, 0.2) is 0 Å². The lowest BCUT2D eigenvalue weighted by molar-refractivity contribution is -0.116. The van der Waals surface area contributed by atoms with Gasteiger partial charge in [0.05, 0.1) is 16.7 Å². The van der Waals surface area contributed by atoms with E-state index in [0.717, 1.165) is 22.3 Å². The van der Waals surface area contributed by atoms with Crippen LogP contribution in [0.3, 0.4) is 0 Å². The lowest BCUT2D eigenvalue weighted by Crippen LogP contribution is -2.21. The second kappa shape index (κ2) is 8.14. The molecule has 0 saturated carbocycles. The van der Waals surface area contributed by atoms with Crippen molar-refractivity contribution in [3.8, 4) is 5.75 Å². The molecule has 4 rings (SSSR count). The zero-order chi connectivity index (χ0) is 20.2. The molecule has 0 saturated heterocycles. The molecule has 0 bridgehead atoms. The summed E-state index contributed by atoms with van der Waals surface area (Å²) in [5, 5.41) is 2.65. The minimum Gasteiger partial charge on any atom is -0.486 e. The number of carbonyl (C=O) groups excluding carboxylic acids is 1. The number of rotatable bonds is 6. The van der Waals surface area contributed by atoms with E-state index in [0.29, 0.717) is 5.82 Å². The first-order valence-electron chi connectivity index (χ1n) is 9.28. The van der Waals surface area contributed by atoms with E-state index in [2.05, 4.69) is 10.3 Å². The fraction of sp³-hybridized carbons (Fsp3) is 0.130. The highest BCUT2D eigenvalue weighted by molar-refractivity contribution is 5.92. The van der Waals surface area contributed by atoms with Gasteiger partial charge in [0.25, 0.3) is 0 Å². The molecule has 1 N–H and O–H groups in total. The van der Waals surface area contributed by atoms with Crippen LogP contribution in [0.4, 0.5) is 10.1 Å². The van der Waals surface area contributed by atoms with Crippen LogP contribution in [-0.2, 0) is 17.9 Å². The Morgan fingerprint density at radius 3 is 2.66 bits per heavy atom. The molecule has 0 atom stereocenters. The normalized spacial score (nSPS) is 10.8. The Balaban J connectivity index is 1.58. The number of imidazole rings is 1. The summed E-state index contributed by atoms with van der Waals surface area (Å²) >= 11 is 0. The number of nitrogens with zero attached hydrogens (tertiary/aromatic N) is 2. The predicted molar refractivity (Wildman–Crippen MR) is 110 cm³/mol.